The summed E-state index contributed by atoms with van der Waals surface area (Å²) < 4.78 is 41.1. The molecule has 0 bridgehead atoms. The molecule has 1 amide bonds. The molecule has 168 valence electrons. The average molecular weight is 465 g/mol. The first-order valence-corrected chi connectivity index (χ1v) is 12.2. The quantitative estimate of drug-likeness (QED) is 0.370. The van der Waals surface area contributed by atoms with Gasteiger partial charge in [-0.2, -0.15) is 5.10 Å². The molecule has 1 heterocycles. The lowest BCUT2D eigenvalue weighted by atomic mass is 10.0. The summed E-state index contributed by atoms with van der Waals surface area (Å²) in [5.41, 5.74) is 3.20. The Labute approximate surface area is 190 Å². The van der Waals surface area contributed by atoms with Gasteiger partial charge in [0.2, 0.25) is 15.9 Å². The molecule has 1 fully saturated rings. The van der Waals surface area contributed by atoms with Crippen LogP contribution in [0.25, 0.3) is 22.0 Å². The Morgan fingerprint density at radius 2 is 1.82 bits per heavy atom. The molecule has 1 aliphatic carbocycles. The van der Waals surface area contributed by atoms with Gasteiger partial charge >= 0.3 is 0 Å². The fourth-order valence-corrected chi connectivity index (χ4v) is 4.86. The average Bonchev–Trinajstić information content (AvgIpc) is 3.55. The first-order valence-electron chi connectivity index (χ1n) is 10.5. The van der Waals surface area contributed by atoms with Gasteiger partial charge in [-0.15, -0.1) is 0 Å². The van der Waals surface area contributed by atoms with E-state index in [1.54, 1.807) is 24.3 Å². The van der Waals surface area contributed by atoms with Crippen molar-refractivity contribution < 1.29 is 17.6 Å². The van der Waals surface area contributed by atoms with Gasteiger partial charge in [-0.3, -0.25) is 14.6 Å². The first kappa shape index (κ1) is 21.1. The lowest BCUT2D eigenvalue weighted by Crippen LogP contribution is -2.15. The zero-order valence-electron chi connectivity index (χ0n) is 17.5. The van der Waals surface area contributed by atoms with Crippen LogP contribution in [0.2, 0.25) is 0 Å². The number of nitrogens with one attached hydrogen (secondary N) is 3. The van der Waals surface area contributed by atoms with Crippen LogP contribution in [0, 0.1) is 11.7 Å². The largest absolute Gasteiger partial charge is 0.308 e. The van der Waals surface area contributed by atoms with E-state index < -0.39 is 15.8 Å². The number of aromatic amines is 1. The lowest BCUT2D eigenvalue weighted by molar-refractivity contribution is -0.117. The van der Waals surface area contributed by atoms with Crippen LogP contribution >= 0.6 is 0 Å². The molecule has 33 heavy (non-hydrogen) atoms. The van der Waals surface area contributed by atoms with Gasteiger partial charge in [0.1, 0.15) is 5.82 Å². The van der Waals surface area contributed by atoms with E-state index in [0.29, 0.717) is 17.1 Å². The third-order valence-corrected chi connectivity index (χ3v) is 6.73. The number of H-pyrrole nitrogens is 1. The highest BCUT2D eigenvalue weighted by molar-refractivity contribution is 7.91. The van der Waals surface area contributed by atoms with Crippen LogP contribution in [0.15, 0.2) is 66.7 Å². The van der Waals surface area contributed by atoms with Crippen molar-refractivity contribution >= 4 is 38.3 Å². The second kappa shape index (κ2) is 8.32. The number of nitrogens with zero attached hydrogens (tertiary/aromatic N) is 1. The summed E-state index contributed by atoms with van der Waals surface area (Å²) in [6.07, 6.45) is 1.83. The van der Waals surface area contributed by atoms with Crippen LogP contribution in [-0.4, -0.2) is 24.5 Å². The number of benzene rings is 3. The van der Waals surface area contributed by atoms with Crippen LogP contribution in [0.4, 0.5) is 15.9 Å². The second-order valence-electron chi connectivity index (χ2n) is 8.17. The molecular formula is C24H21FN4O3S. The summed E-state index contributed by atoms with van der Waals surface area (Å²) in [5.74, 6) is -0.222. The van der Waals surface area contributed by atoms with Crippen molar-refractivity contribution in [2.45, 2.75) is 18.6 Å². The standard InChI is InChI=1S/C24H21FN4O3S/c25-19-5-1-3-15(11-19)14-33(31,32)29-20-6-2-4-17(12-20)18-9-10-21-22(13-18)27-28-23(21)26-24(30)16-7-8-16/h1-6,9-13,16,29H,7-8,14H2,(H2,26,27,28,30). The van der Waals surface area contributed by atoms with Crippen LogP contribution in [0.5, 0.6) is 0 Å². The Morgan fingerprint density at radius 1 is 1.03 bits per heavy atom. The SMILES string of the molecule is O=C(Nc1n[nH]c2cc(-c3cccc(NS(=O)(=O)Cc4cccc(F)c4)c3)ccc12)C1CC1. The molecule has 4 aromatic rings. The third kappa shape index (κ3) is 4.88. The molecular weight excluding hydrogens is 443 g/mol. The Balaban J connectivity index is 1.35. The lowest BCUT2D eigenvalue weighted by Gasteiger charge is -2.10. The Kier molecular flexibility index (Phi) is 5.33. The van der Waals surface area contributed by atoms with E-state index in [9.17, 15) is 17.6 Å². The second-order valence-corrected chi connectivity index (χ2v) is 9.89. The van der Waals surface area contributed by atoms with Crippen molar-refractivity contribution in [1.82, 2.24) is 10.2 Å². The molecule has 0 aliphatic heterocycles. The number of rotatable bonds is 7. The minimum atomic E-state index is -3.72. The topological polar surface area (TPSA) is 104 Å². The fourth-order valence-electron chi connectivity index (χ4n) is 3.68. The minimum absolute atomic E-state index is 0.00861. The van der Waals surface area contributed by atoms with Gasteiger partial charge < -0.3 is 5.32 Å². The van der Waals surface area contributed by atoms with Crippen molar-refractivity contribution in [3.05, 3.63) is 78.1 Å². The van der Waals surface area contributed by atoms with Crippen molar-refractivity contribution in [3.8, 4) is 11.1 Å². The zero-order valence-corrected chi connectivity index (χ0v) is 18.3. The third-order valence-electron chi connectivity index (χ3n) is 5.47. The zero-order chi connectivity index (χ0) is 23.0. The number of halogens is 1. The van der Waals surface area contributed by atoms with Gasteiger partial charge in [-0.05, 0) is 65.9 Å². The van der Waals surface area contributed by atoms with Gasteiger partial charge in [0.25, 0.3) is 0 Å². The fraction of sp³-hybridized carbons (Fsp3) is 0.167. The number of hydrogen-bond acceptors (Lipinski definition) is 4. The molecule has 1 aromatic heterocycles. The predicted molar refractivity (Wildman–Crippen MR) is 126 cm³/mol. The Morgan fingerprint density at radius 3 is 2.61 bits per heavy atom. The monoisotopic (exact) mass is 464 g/mol. The summed E-state index contributed by atoms with van der Waals surface area (Å²) >= 11 is 0. The van der Waals surface area contributed by atoms with Crippen molar-refractivity contribution in [2.75, 3.05) is 10.0 Å². The van der Waals surface area contributed by atoms with E-state index in [4.69, 9.17) is 0 Å². The molecule has 1 aliphatic rings. The Bertz CT molecular complexity index is 1460. The Hall–Kier alpha value is -3.72. The molecule has 0 saturated heterocycles. The van der Waals surface area contributed by atoms with Crippen LogP contribution in [-0.2, 0) is 20.6 Å². The highest BCUT2D eigenvalue weighted by Gasteiger charge is 2.30. The van der Waals surface area contributed by atoms with Gasteiger partial charge in [0, 0.05) is 17.0 Å². The maximum absolute atomic E-state index is 13.4. The smallest absolute Gasteiger partial charge is 0.236 e. The van der Waals surface area contributed by atoms with Gasteiger partial charge in [-0.25, -0.2) is 12.8 Å². The van der Waals surface area contributed by atoms with E-state index in [1.165, 1.54) is 18.2 Å². The molecule has 1 saturated carbocycles. The predicted octanol–water partition coefficient (Wildman–Crippen LogP) is 4.66. The summed E-state index contributed by atoms with van der Waals surface area (Å²) in [6, 6.07) is 18.2. The molecule has 0 radical (unpaired) electrons. The highest BCUT2D eigenvalue weighted by atomic mass is 32.2. The molecule has 9 heteroatoms. The summed E-state index contributed by atoms with van der Waals surface area (Å²) in [5, 5.41) is 10.8. The minimum Gasteiger partial charge on any atom is -0.308 e. The first-order chi connectivity index (χ1) is 15.9. The van der Waals surface area contributed by atoms with Gasteiger partial charge in [0.15, 0.2) is 5.82 Å². The summed E-state index contributed by atoms with van der Waals surface area (Å²) in [7, 11) is -3.72. The highest BCUT2D eigenvalue weighted by Crippen LogP contribution is 2.32. The number of anilines is 2. The normalized spacial score (nSPS) is 13.7. The van der Waals surface area contributed by atoms with E-state index in [0.717, 1.165) is 34.9 Å². The van der Waals surface area contributed by atoms with Crippen LogP contribution in [0.3, 0.4) is 0 Å². The summed E-state index contributed by atoms with van der Waals surface area (Å²) in [4.78, 5) is 12.0. The molecule has 7 nitrogen and oxygen atoms in total. The van der Waals surface area contributed by atoms with E-state index >= 15 is 0 Å². The number of fused-ring (bicyclic) bond motifs is 1. The summed E-state index contributed by atoms with van der Waals surface area (Å²) in [6.45, 7) is 0. The molecule has 0 unspecified atom stereocenters. The number of carbonyl (C=O) groups is 1. The number of amides is 1. The molecule has 3 aromatic carbocycles. The molecule has 0 spiro atoms. The van der Waals surface area contributed by atoms with Gasteiger partial charge in [0.05, 0.1) is 11.3 Å². The maximum atomic E-state index is 13.4. The van der Waals surface area contributed by atoms with Crippen molar-refractivity contribution in [1.29, 1.82) is 0 Å². The maximum Gasteiger partial charge on any atom is 0.236 e. The van der Waals surface area contributed by atoms with Crippen LogP contribution < -0.4 is 10.0 Å². The molecule has 3 N–H and O–H groups in total. The van der Waals surface area contributed by atoms with E-state index in [2.05, 4.69) is 20.2 Å². The number of sulfonamides is 1. The van der Waals surface area contributed by atoms with Crippen molar-refractivity contribution in [2.24, 2.45) is 5.92 Å². The van der Waals surface area contributed by atoms with E-state index in [-0.39, 0.29) is 17.6 Å². The number of hydrogen-bond donors (Lipinski definition) is 3. The van der Waals surface area contributed by atoms with E-state index in [1.807, 2.05) is 24.3 Å². The molecule has 0 atom stereocenters. The van der Waals surface area contributed by atoms with Crippen LogP contribution in [0.1, 0.15) is 18.4 Å². The number of aromatic nitrogens is 2. The molecule has 5 rings (SSSR count). The number of carbonyl (C=O) groups excluding carboxylic acids is 1. The van der Waals surface area contributed by atoms with Gasteiger partial charge in [-0.1, -0.05) is 30.3 Å². The van der Waals surface area contributed by atoms with Crippen molar-refractivity contribution in [3.63, 3.8) is 0 Å².